The van der Waals surface area contributed by atoms with E-state index in [0.29, 0.717) is 17.2 Å². The maximum atomic E-state index is 11.3. The molecule has 7 heteroatoms. The van der Waals surface area contributed by atoms with Crippen LogP contribution in [-0.4, -0.2) is 20.7 Å². The number of carbonyl (C=O) groups excluding carboxylic acids is 1. The summed E-state index contributed by atoms with van der Waals surface area (Å²) in [5, 5.41) is 5.80. The molecule has 140 valence electrons. The molecule has 0 radical (unpaired) electrons. The quantitative estimate of drug-likeness (QED) is 0.554. The molecule has 0 aliphatic heterocycles. The molecule has 4 rings (SSSR count). The van der Waals surface area contributed by atoms with Gasteiger partial charge in [0.05, 0.1) is 27.5 Å². The first-order valence-electron chi connectivity index (χ1n) is 8.59. The number of halogens is 1. The fraction of sp³-hybridized carbons (Fsp3) is 0.0952. The summed E-state index contributed by atoms with van der Waals surface area (Å²) in [6.07, 6.45) is 1.66. The lowest BCUT2D eigenvalue weighted by molar-refractivity contribution is 0.100. The van der Waals surface area contributed by atoms with Gasteiger partial charge in [0.1, 0.15) is 11.5 Å². The molecule has 0 atom stereocenters. The van der Waals surface area contributed by atoms with E-state index in [1.165, 1.54) is 0 Å². The fourth-order valence-corrected chi connectivity index (χ4v) is 3.40. The molecule has 0 fully saturated rings. The smallest absolute Gasteiger partial charge is 0.250 e. The molecule has 0 unspecified atom stereocenters. The van der Waals surface area contributed by atoms with E-state index in [1.54, 1.807) is 30.5 Å². The molecule has 1 amide bonds. The molecular weight excluding hydrogens is 376 g/mol. The van der Waals surface area contributed by atoms with Gasteiger partial charge in [-0.1, -0.05) is 17.7 Å². The Bertz CT molecular complexity index is 1220. The number of ether oxygens (including phenoxy) is 1. The molecular formula is C21H17ClN4O2. The van der Waals surface area contributed by atoms with E-state index in [9.17, 15) is 4.79 Å². The fourth-order valence-electron chi connectivity index (χ4n) is 3.12. The normalized spacial score (nSPS) is 11.0. The zero-order chi connectivity index (χ0) is 19.8. The van der Waals surface area contributed by atoms with Crippen LogP contribution in [0.3, 0.4) is 0 Å². The van der Waals surface area contributed by atoms with Crippen LogP contribution in [0.15, 0.2) is 54.7 Å². The topological polar surface area (TPSA) is 83.0 Å². The highest BCUT2D eigenvalue weighted by atomic mass is 35.5. The minimum Gasteiger partial charge on any atom is -0.457 e. The van der Waals surface area contributed by atoms with Gasteiger partial charge >= 0.3 is 0 Å². The van der Waals surface area contributed by atoms with Crippen LogP contribution in [0.2, 0.25) is 5.02 Å². The molecule has 2 aromatic heterocycles. The van der Waals surface area contributed by atoms with Gasteiger partial charge < -0.3 is 10.5 Å². The number of aromatic nitrogens is 3. The van der Waals surface area contributed by atoms with Gasteiger partial charge in [-0.2, -0.15) is 5.10 Å². The van der Waals surface area contributed by atoms with Crippen LogP contribution in [0.1, 0.15) is 16.1 Å². The van der Waals surface area contributed by atoms with Crippen molar-refractivity contribution in [3.05, 3.63) is 71.0 Å². The average Bonchev–Trinajstić information content (AvgIpc) is 2.95. The Labute approximate surface area is 166 Å². The molecule has 0 spiro atoms. The van der Waals surface area contributed by atoms with Crippen molar-refractivity contribution in [3.8, 4) is 22.8 Å². The number of rotatable bonds is 4. The number of carbonyl (C=O) groups is 1. The number of hydrogen-bond donors (Lipinski definition) is 1. The third-order valence-corrected chi connectivity index (χ3v) is 4.82. The minimum atomic E-state index is -0.567. The SMILES string of the molecule is Cc1nn(C)c2cc(Oc3ccnc(-c4ccc(C(N)=O)c(Cl)c4)c3)ccc12. The third-order valence-electron chi connectivity index (χ3n) is 4.51. The monoisotopic (exact) mass is 392 g/mol. The van der Waals surface area contributed by atoms with Crippen LogP contribution in [0.5, 0.6) is 11.5 Å². The van der Waals surface area contributed by atoms with Crippen molar-refractivity contribution in [2.75, 3.05) is 0 Å². The molecule has 6 nitrogen and oxygen atoms in total. The van der Waals surface area contributed by atoms with E-state index >= 15 is 0 Å². The lowest BCUT2D eigenvalue weighted by atomic mass is 10.1. The van der Waals surface area contributed by atoms with E-state index < -0.39 is 5.91 Å². The maximum Gasteiger partial charge on any atom is 0.250 e. The molecule has 2 aromatic carbocycles. The number of hydrogen-bond acceptors (Lipinski definition) is 4. The van der Waals surface area contributed by atoms with Crippen LogP contribution < -0.4 is 10.5 Å². The zero-order valence-electron chi connectivity index (χ0n) is 15.3. The van der Waals surface area contributed by atoms with Gasteiger partial charge in [-0.15, -0.1) is 0 Å². The summed E-state index contributed by atoms with van der Waals surface area (Å²) in [6.45, 7) is 1.98. The number of nitrogens with two attached hydrogens (primary N) is 1. The van der Waals surface area contributed by atoms with Crippen molar-refractivity contribution in [2.45, 2.75) is 6.92 Å². The molecule has 0 bridgehead atoms. The third kappa shape index (κ3) is 3.30. The van der Waals surface area contributed by atoms with Gasteiger partial charge in [0.2, 0.25) is 5.91 Å². The van der Waals surface area contributed by atoms with Crippen molar-refractivity contribution >= 4 is 28.4 Å². The Morgan fingerprint density at radius 3 is 2.64 bits per heavy atom. The Kier molecular flexibility index (Phi) is 4.49. The van der Waals surface area contributed by atoms with E-state index in [4.69, 9.17) is 22.1 Å². The number of aryl methyl sites for hydroxylation is 2. The number of pyridine rings is 1. The molecule has 0 aliphatic rings. The van der Waals surface area contributed by atoms with Crippen molar-refractivity contribution in [1.29, 1.82) is 0 Å². The summed E-state index contributed by atoms with van der Waals surface area (Å²) in [7, 11) is 1.91. The highest BCUT2D eigenvalue weighted by molar-refractivity contribution is 6.34. The summed E-state index contributed by atoms with van der Waals surface area (Å²) >= 11 is 6.15. The van der Waals surface area contributed by atoms with Gasteiger partial charge in [-0.3, -0.25) is 14.5 Å². The van der Waals surface area contributed by atoms with E-state index in [2.05, 4.69) is 10.1 Å². The minimum absolute atomic E-state index is 0.276. The van der Waals surface area contributed by atoms with Crippen LogP contribution in [0, 0.1) is 6.92 Å². The van der Waals surface area contributed by atoms with Crippen molar-refractivity contribution in [3.63, 3.8) is 0 Å². The second kappa shape index (κ2) is 6.98. The number of amides is 1. The van der Waals surface area contributed by atoms with Crippen LogP contribution in [-0.2, 0) is 7.05 Å². The molecule has 2 N–H and O–H groups in total. The lowest BCUT2D eigenvalue weighted by Gasteiger charge is -2.09. The highest BCUT2D eigenvalue weighted by Crippen LogP contribution is 2.30. The summed E-state index contributed by atoms with van der Waals surface area (Å²) < 4.78 is 7.85. The number of nitrogens with zero attached hydrogens (tertiary/aromatic N) is 3. The molecule has 28 heavy (non-hydrogen) atoms. The van der Waals surface area contributed by atoms with E-state index in [0.717, 1.165) is 22.2 Å². The number of benzene rings is 2. The van der Waals surface area contributed by atoms with Crippen LogP contribution >= 0.6 is 11.6 Å². The number of fused-ring (bicyclic) bond motifs is 1. The number of primary amides is 1. The van der Waals surface area contributed by atoms with Gasteiger partial charge in [-0.25, -0.2) is 0 Å². The van der Waals surface area contributed by atoms with Gasteiger partial charge in [0.15, 0.2) is 0 Å². The van der Waals surface area contributed by atoms with Gasteiger partial charge in [0.25, 0.3) is 0 Å². The first kappa shape index (κ1) is 18.0. The first-order chi connectivity index (χ1) is 13.4. The van der Waals surface area contributed by atoms with E-state index in [-0.39, 0.29) is 10.6 Å². The van der Waals surface area contributed by atoms with E-state index in [1.807, 2.05) is 42.9 Å². The molecule has 0 aliphatic carbocycles. The zero-order valence-corrected chi connectivity index (χ0v) is 16.1. The average molecular weight is 393 g/mol. The highest BCUT2D eigenvalue weighted by Gasteiger charge is 2.11. The molecule has 0 saturated carbocycles. The lowest BCUT2D eigenvalue weighted by Crippen LogP contribution is -2.11. The summed E-state index contributed by atoms with van der Waals surface area (Å²) in [5.74, 6) is 0.774. The van der Waals surface area contributed by atoms with Gasteiger partial charge in [0, 0.05) is 36.3 Å². The largest absolute Gasteiger partial charge is 0.457 e. The predicted molar refractivity (Wildman–Crippen MR) is 109 cm³/mol. The van der Waals surface area contributed by atoms with Crippen molar-refractivity contribution in [2.24, 2.45) is 12.8 Å². The summed E-state index contributed by atoms with van der Waals surface area (Å²) in [4.78, 5) is 15.7. The second-order valence-corrected chi connectivity index (χ2v) is 6.83. The standard InChI is InChI=1S/C21H17ClN4O2/c1-12-16-6-4-14(11-20(16)26(2)25-12)28-15-7-8-24-19(10-15)13-3-5-17(21(23)27)18(22)9-13/h3-11H,1-2H3,(H2,23,27). The van der Waals surface area contributed by atoms with Crippen LogP contribution in [0.25, 0.3) is 22.2 Å². The van der Waals surface area contributed by atoms with Crippen molar-refractivity contribution in [1.82, 2.24) is 14.8 Å². The van der Waals surface area contributed by atoms with Crippen LogP contribution in [0.4, 0.5) is 0 Å². The second-order valence-electron chi connectivity index (χ2n) is 6.43. The van der Waals surface area contributed by atoms with Gasteiger partial charge in [-0.05, 0) is 37.3 Å². The Balaban J connectivity index is 1.65. The Morgan fingerprint density at radius 2 is 1.89 bits per heavy atom. The molecule has 2 heterocycles. The first-order valence-corrected chi connectivity index (χ1v) is 8.97. The van der Waals surface area contributed by atoms with Crippen molar-refractivity contribution < 1.29 is 9.53 Å². The summed E-state index contributed by atoms with van der Waals surface area (Å²) in [6, 6.07) is 14.5. The molecule has 0 saturated heterocycles. The maximum absolute atomic E-state index is 11.3. The Morgan fingerprint density at radius 1 is 1.11 bits per heavy atom. The summed E-state index contributed by atoms with van der Waals surface area (Å²) in [5.41, 5.74) is 8.99. The predicted octanol–water partition coefficient (Wildman–Crippen LogP) is 4.49. The molecule has 4 aromatic rings. The Hall–Kier alpha value is -3.38.